The number of methoxy groups -OCH3 is 1. The Bertz CT molecular complexity index is 571. The molecule has 1 atom stereocenters. The normalized spacial score (nSPS) is 13.4. The van der Waals surface area contributed by atoms with Gasteiger partial charge in [0.15, 0.2) is 0 Å². The van der Waals surface area contributed by atoms with Gasteiger partial charge in [0, 0.05) is 13.0 Å². The van der Waals surface area contributed by atoms with Crippen molar-refractivity contribution in [1.29, 1.82) is 0 Å². The Kier molecular flexibility index (Phi) is 5.09. The number of carbonyl (C=O) groups is 1. The number of ether oxygens (including phenoxy) is 1. The van der Waals surface area contributed by atoms with Crippen LogP contribution in [0.25, 0.3) is 0 Å². The molecule has 2 N–H and O–H groups in total. The summed E-state index contributed by atoms with van der Waals surface area (Å²) in [5, 5.41) is 13.5. The highest BCUT2D eigenvalue weighted by Gasteiger charge is 2.36. The minimum atomic E-state index is -1.74. The molecule has 0 saturated carbocycles. The molecule has 0 amide bonds. The molecule has 0 aromatic heterocycles. The third kappa shape index (κ3) is 4.15. The Morgan fingerprint density at radius 2 is 1.57 bits per heavy atom. The van der Waals surface area contributed by atoms with Crippen molar-refractivity contribution >= 4 is 5.97 Å². The highest BCUT2D eigenvalue weighted by molar-refractivity contribution is 5.79. The SMILES string of the molecule is COC(=O)C(O)(Cc1ccccc1)NCc1ccccc1. The number of esters is 1. The number of benzene rings is 2. The molecule has 110 valence electrons. The van der Waals surface area contributed by atoms with E-state index in [4.69, 9.17) is 4.74 Å². The van der Waals surface area contributed by atoms with E-state index in [1.807, 2.05) is 60.7 Å². The summed E-state index contributed by atoms with van der Waals surface area (Å²) >= 11 is 0. The van der Waals surface area contributed by atoms with E-state index in [0.29, 0.717) is 6.54 Å². The van der Waals surface area contributed by atoms with Crippen LogP contribution in [-0.2, 0) is 22.5 Å². The van der Waals surface area contributed by atoms with Crippen molar-refractivity contribution in [1.82, 2.24) is 5.32 Å². The topological polar surface area (TPSA) is 58.6 Å². The molecule has 0 heterocycles. The lowest BCUT2D eigenvalue weighted by molar-refractivity contribution is -0.166. The fraction of sp³-hybridized carbons (Fsp3) is 0.235. The van der Waals surface area contributed by atoms with Gasteiger partial charge in [0.05, 0.1) is 7.11 Å². The second-order valence-corrected chi connectivity index (χ2v) is 4.85. The molecule has 2 rings (SSSR count). The smallest absolute Gasteiger partial charge is 0.353 e. The number of nitrogens with one attached hydrogen (secondary N) is 1. The number of aliphatic hydroxyl groups is 1. The number of rotatable bonds is 6. The van der Waals surface area contributed by atoms with Crippen molar-refractivity contribution < 1.29 is 14.6 Å². The molecule has 0 fully saturated rings. The van der Waals surface area contributed by atoms with Gasteiger partial charge in [-0.3, -0.25) is 5.32 Å². The van der Waals surface area contributed by atoms with E-state index >= 15 is 0 Å². The average Bonchev–Trinajstić information content (AvgIpc) is 2.54. The third-order valence-electron chi connectivity index (χ3n) is 3.25. The largest absolute Gasteiger partial charge is 0.466 e. The van der Waals surface area contributed by atoms with Crippen molar-refractivity contribution in [2.45, 2.75) is 18.7 Å². The van der Waals surface area contributed by atoms with Gasteiger partial charge in [0.2, 0.25) is 5.72 Å². The van der Waals surface area contributed by atoms with Crippen molar-refractivity contribution in [3.8, 4) is 0 Å². The molecular formula is C17H19NO3. The molecule has 1 unspecified atom stereocenters. The second kappa shape index (κ2) is 7.02. The first-order valence-corrected chi connectivity index (χ1v) is 6.78. The third-order valence-corrected chi connectivity index (χ3v) is 3.25. The summed E-state index contributed by atoms with van der Waals surface area (Å²) < 4.78 is 4.72. The van der Waals surface area contributed by atoms with Crippen molar-refractivity contribution in [2.24, 2.45) is 0 Å². The fourth-order valence-electron chi connectivity index (χ4n) is 2.11. The minimum absolute atomic E-state index is 0.146. The van der Waals surface area contributed by atoms with E-state index in [2.05, 4.69) is 5.32 Å². The molecule has 4 nitrogen and oxygen atoms in total. The molecule has 21 heavy (non-hydrogen) atoms. The van der Waals surface area contributed by atoms with Gasteiger partial charge < -0.3 is 9.84 Å². The highest BCUT2D eigenvalue weighted by atomic mass is 16.5. The zero-order chi connectivity index (χ0) is 15.1. The lowest BCUT2D eigenvalue weighted by Crippen LogP contribution is -2.54. The summed E-state index contributed by atoms with van der Waals surface area (Å²) in [4.78, 5) is 11.9. The van der Waals surface area contributed by atoms with Gasteiger partial charge in [-0.2, -0.15) is 0 Å². The van der Waals surface area contributed by atoms with E-state index in [1.165, 1.54) is 7.11 Å². The summed E-state index contributed by atoms with van der Waals surface area (Å²) in [5.41, 5.74) is 0.0882. The maximum absolute atomic E-state index is 11.9. The van der Waals surface area contributed by atoms with Crippen LogP contribution in [0, 0.1) is 0 Å². The van der Waals surface area contributed by atoms with Gasteiger partial charge in [-0.15, -0.1) is 0 Å². The summed E-state index contributed by atoms with van der Waals surface area (Å²) in [6, 6.07) is 18.9. The molecule has 0 aliphatic carbocycles. The Labute approximate surface area is 124 Å². The van der Waals surface area contributed by atoms with Crippen molar-refractivity contribution in [3.05, 3.63) is 71.8 Å². The molecule has 2 aromatic rings. The Morgan fingerprint density at radius 3 is 2.10 bits per heavy atom. The van der Waals surface area contributed by atoms with E-state index in [-0.39, 0.29) is 6.42 Å². The predicted octanol–water partition coefficient (Wildman–Crippen LogP) is 1.88. The molecule has 0 bridgehead atoms. The van der Waals surface area contributed by atoms with E-state index < -0.39 is 11.7 Å². The monoisotopic (exact) mass is 285 g/mol. The van der Waals surface area contributed by atoms with Gasteiger partial charge in [0.1, 0.15) is 0 Å². The van der Waals surface area contributed by atoms with Gasteiger partial charge in [-0.05, 0) is 11.1 Å². The first kappa shape index (κ1) is 15.2. The van der Waals surface area contributed by atoms with E-state index in [1.54, 1.807) is 0 Å². The van der Waals surface area contributed by atoms with Gasteiger partial charge in [-0.25, -0.2) is 4.79 Å². The Balaban J connectivity index is 2.11. The second-order valence-electron chi connectivity index (χ2n) is 4.85. The van der Waals surface area contributed by atoms with Crippen LogP contribution < -0.4 is 5.32 Å². The van der Waals surface area contributed by atoms with Gasteiger partial charge in [-0.1, -0.05) is 60.7 Å². The first-order chi connectivity index (χ1) is 10.1. The molecule has 0 radical (unpaired) electrons. The fourth-order valence-corrected chi connectivity index (χ4v) is 2.11. The molecular weight excluding hydrogens is 266 g/mol. The van der Waals surface area contributed by atoms with E-state index in [9.17, 15) is 9.90 Å². The number of hydrogen-bond acceptors (Lipinski definition) is 4. The average molecular weight is 285 g/mol. The molecule has 0 spiro atoms. The lowest BCUT2D eigenvalue weighted by atomic mass is 10.0. The van der Waals surface area contributed by atoms with Gasteiger partial charge in [0.25, 0.3) is 0 Å². The zero-order valence-electron chi connectivity index (χ0n) is 12.0. The van der Waals surface area contributed by atoms with Crippen LogP contribution >= 0.6 is 0 Å². The molecule has 4 heteroatoms. The highest BCUT2D eigenvalue weighted by Crippen LogP contribution is 2.14. The predicted molar refractivity (Wildman–Crippen MR) is 80.4 cm³/mol. The van der Waals surface area contributed by atoms with Crippen LogP contribution in [0.15, 0.2) is 60.7 Å². The molecule has 0 aliphatic heterocycles. The van der Waals surface area contributed by atoms with Gasteiger partial charge >= 0.3 is 5.97 Å². The number of hydrogen-bond donors (Lipinski definition) is 2. The van der Waals surface area contributed by atoms with Crippen LogP contribution in [0.3, 0.4) is 0 Å². The summed E-state index contributed by atoms with van der Waals surface area (Å²) in [7, 11) is 1.27. The zero-order valence-corrected chi connectivity index (χ0v) is 12.0. The van der Waals surface area contributed by atoms with Crippen LogP contribution in [0.1, 0.15) is 11.1 Å². The van der Waals surface area contributed by atoms with Crippen molar-refractivity contribution in [2.75, 3.05) is 7.11 Å². The maximum atomic E-state index is 11.9. The standard InChI is InChI=1S/C17H19NO3/c1-21-16(19)17(20,12-14-8-4-2-5-9-14)18-13-15-10-6-3-7-11-15/h2-11,18,20H,12-13H2,1H3. The van der Waals surface area contributed by atoms with Crippen LogP contribution in [0.5, 0.6) is 0 Å². The van der Waals surface area contributed by atoms with Crippen LogP contribution in [0.4, 0.5) is 0 Å². The maximum Gasteiger partial charge on any atom is 0.353 e. The lowest BCUT2D eigenvalue weighted by Gasteiger charge is -2.26. The summed E-state index contributed by atoms with van der Waals surface area (Å²) in [6.45, 7) is 0.374. The van der Waals surface area contributed by atoms with Crippen molar-refractivity contribution in [3.63, 3.8) is 0 Å². The Morgan fingerprint density at radius 1 is 1.05 bits per heavy atom. The summed E-state index contributed by atoms with van der Waals surface area (Å²) in [5.74, 6) is -0.692. The van der Waals surface area contributed by atoms with Crippen LogP contribution in [0.2, 0.25) is 0 Å². The molecule has 0 saturated heterocycles. The van der Waals surface area contributed by atoms with E-state index in [0.717, 1.165) is 11.1 Å². The molecule has 0 aliphatic rings. The minimum Gasteiger partial charge on any atom is -0.466 e. The Hall–Kier alpha value is -2.17. The van der Waals surface area contributed by atoms with Crippen LogP contribution in [-0.4, -0.2) is 23.9 Å². The summed E-state index contributed by atoms with van der Waals surface area (Å²) in [6.07, 6.45) is 0.146. The quantitative estimate of drug-likeness (QED) is 0.628. The number of carbonyl (C=O) groups excluding carboxylic acids is 1. The first-order valence-electron chi connectivity index (χ1n) is 6.78. The molecule has 2 aromatic carbocycles.